The molecule has 0 saturated carbocycles. The Morgan fingerprint density at radius 2 is 0.493 bits per heavy atom. The van der Waals surface area contributed by atoms with Crippen molar-refractivity contribution in [2.75, 3.05) is 9.80 Å². The van der Waals surface area contributed by atoms with Crippen LogP contribution in [0.5, 0.6) is 0 Å². The van der Waals surface area contributed by atoms with E-state index in [1.165, 1.54) is 77.9 Å². The largest absolute Gasteiger partial charge is 0.311 e. The maximum Gasteiger partial charge on any atom is 0.0462 e. The van der Waals surface area contributed by atoms with Crippen LogP contribution in [-0.4, -0.2) is 0 Å². The number of benzene rings is 9. The fourth-order valence-electron chi connectivity index (χ4n) is 8.89. The average Bonchev–Trinajstić information content (AvgIpc) is 3.63. The Morgan fingerprint density at radius 3 is 0.776 bits per heavy atom. The first kappa shape index (κ1) is 42.7. The summed E-state index contributed by atoms with van der Waals surface area (Å²) >= 11 is 0. The van der Waals surface area contributed by atoms with Gasteiger partial charge in [0, 0.05) is 34.1 Å². The van der Waals surface area contributed by atoms with Crippen LogP contribution in [0.3, 0.4) is 0 Å². The van der Waals surface area contributed by atoms with Gasteiger partial charge in [0.15, 0.2) is 0 Å². The summed E-state index contributed by atoms with van der Waals surface area (Å²) in [6, 6.07) is 79.8. The highest BCUT2D eigenvalue weighted by Gasteiger charge is 2.17. The molecule has 10 rings (SSSR count). The number of aryl methyl sites for hydroxylation is 4. The quantitative estimate of drug-likeness (QED) is 0.128. The van der Waals surface area contributed by atoms with Crippen molar-refractivity contribution in [1.29, 1.82) is 0 Å². The maximum absolute atomic E-state index is 2.36. The average molecular weight is 863 g/mol. The van der Waals surface area contributed by atoms with E-state index in [0.29, 0.717) is 0 Å². The van der Waals surface area contributed by atoms with E-state index in [-0.39, 0.29) is 0 Å². The van der Waals surface area contributed by atoms with E-state index >= 15 is 0 Å². The third-order valence-corrected chi connectivity index (χ3v) is 12.9. The summed E-state index contributed by atoms with van der Waals surface area (Å²) in [5.41, 5.74) is 23.8. The molecule has 0 saturated heterocycles. The molecule has 0 aliphatic heterocycles. The summed E-state index contributed by atoms with van der Waals surface area (Å²) in [5.74, 6) is 0. The van der Waals surface area contributed by atoms with Crippen LogP contribution in [0.2, 0.25) is 0 Å². The number of hydrogen-bond donors (Lipinski definition) is 0. The van der Waals surface area contributed by atoms with Gasteiger partial charge in [-0.3, -0.25) is 0 Å². The molecule has 0 fully saturated rings. The lowest BCUT2D eigenvalue weighted by molar-refractivity contribution is 1.21. The highest BCUT2D eigenvalue weighted by molar-refractivity contribution is 5.82. The van der Waals surface area contributed by atoms with E-state index in [0.717, 1.165) is 40.6 Å². The monoisotopic (exact) mass is 862 g/mol. The normalized spacial score (nSPS) is 12.2. The lowest BCUT2D eigenvalue weighted by Crippen LogP contribution is -2.15. The van der Waals surface area contributed by atoms with Gasteiger partial charge in [-0.1, -0.05) is 192 Å². The van der Waals surface area contributed by atoms with Crippen LogP contribution < -0.4 is 9.80 Å². The van der Waals surface area contributed by atoms with Gasteiger partial charge in [0.25, 0.3) is 0 Å². The van der Waals surface area contributed by atoms with Crippen molar-refractivity contribution >= 4 is 34.0 Å². The summed E-state index contributed by atoms with van der Waals surface area (Å²) in [4.78, 5) is 4.72. The van der Waals surface area contributed by atoms with E-state index in [1.54, 1.807) is 0 Å². The van der Waals surface area contributed by atoms with E-state index in [9.17, 15) is 0 Å². The van der Waals surface area contributed by atoms with Crippen molar-refractivity contribution in [2.45, 2.75) is 34.1 Å². The fraction of sp³-hybridized carbons (Fsp3) is 0.0769. The molecule has 1 aliphatic carbocycles. The highest BCUT2D eigenvalue weighted by Crippen LogP contribution is 2.39. The molecule has 67 heavy (non-hydrogen) atoms. The lowest BCUT2D eigenvalue weighted by Gasteiger charge is -2.26. The highest BCUT2D eigenvalue weighted by atomic mass is 15.1. The topological polar surface area (TPSA) is 6.48 Å². The van der Waals surface area contributed by atoms with Crippen molar-refractivity contribution in [3.63, 3.8) is 0 Å². The Labute approximate surface area is 396 Å². The molecule has 0 bridgehead atoms. The number of rotatable bonds is 11. The van der Waals surface area contributed by atoms with Crippen molar-refractivity contribution in [3.8, 4) is 44.5 Å². The van der Waals surface area contributed by atoms with Crippen LogP contribution in [0, 0.1) is 27.7 Å². The summed E-state index contributed by atoms with van der Waals surface area (Å²) in [6.07, 6.45) is 9.94. The fourth-order valence-corrected chi connectivity index (χ4v) is 8.89. The standard InChI is InChI=1S/C65H54N2/c1-46-8-16-51(17-9-46)56-27-38-61(39-28-56)66(62-40-29-57(30-41-62)52-18-10-47(2)11-19-52)60-7-5-6-50(24-35-60)55-25-36-63(37-26-55)67(64-42-31-58(32-43-64)53-20-12-48(3)13-21-53)65-44-33-59(34-45-65)54-22-14-49(4)15-23-54/h5,7-45H,6H2,1-4H3. The molecule has 0 aromatic heterocycles. The molecule has 0 N–H and O–H groups in total. The lowest BCUT2D eigenvalue weighted by atomic mass is 10.0. The molecule has 0 amide bonds. The van der Waals surface area contributed by atoms with Crippen LogP contribution in [0.1, 0.15) is 34.2 Å². The Balaban J connectivity index is 0.969. The van der Waals surface area contributed by atoms with E-state index < -0.39 is 0 Å². The zero-order valence-electron chi connectivity index (χ0n) is 38.7. The van der Waals surface area contributed by atoms with Gasteiger partial charge in [-0.25, -0.2) is 0 Å². The number of nitrogens with zero attached hydrogens (tertiary/aromatic N) is 2. The van der Waals surface area contributed by atoms with Crippen LogP contribution >= 0.6 is 0 Å². The predicted molar refractivity (Wildman–Crippen MR) is 287 cm³/mol. The first-order valence-corrected chi connectivity index (χ1v) is 23.3. The van der Waals surface area contributed by atoms with E-state index in [2.05, 4.69) is 280 Å². The molecule has 0 heterocycles. The maximum atomic E-state index is 2.36. The van der Waals surface area contributed by atoms with E-state index in [4.69, 9.17) is 0 Å². The zero-order chi connectivity index (χ0) is 45.7. The molecule has 0 unspecified atom stereocenters. The molecule has 0 spiro atoms. The van der Waals surface area contributed by atoms with Crippen molar-refractivity contribution in [1.82, 2.24) is 0 Å². The minimum Gasteiger partial charge on any atom is -0.311 e. The Hall–Kier alpha value is -8.20. The number of allylic oxidation sites excluding steroid dienone is 5. The summed E-state index contributed by atoms with van der Waals surface area (Å²) in [6.45, 7) is 8.52. The van der Waals surface area contributed by atoms with Crippen LogP contribution in [0.15, 0.2) is 248 Å². The molecular formula is C65H54N2. The second-order valence-electron chi connectivity index (χ2n) is 17.8. The minimum absolute atomic E-state index is 0.816. The Morgan fingerprint density at radius 1 is 0.254 bits per heavy atom. The minimum atomic E-state index is 0.816. The van der Waals surface area contributed by atoms with Gasteiger partial charge in [-0.05, 0) is 163 Å². The summed E-state index contributed by atoms with van der Waals surface area (Å²) in [5, 5.41) is 0. The van der Waals surface area contributed by atoms with Crippen LogP contribution in [0.25, 0.3) is 50.1 Å². The molecular weight excluding hydrogens is 809 g/mol. The summed E-state index contributed by atoms with van der Waals surface area (Å²) in [7, 11) is 0. The van der Waals surface area contributed by atoms with Gasteiger partial charge in [-0.2, -0.15) is 0 Å². The van der Waals surface area contributed by atoms with Crippen molar-refractivity contribution in [2.24, 2.45) is 0 Å². The Kier molecular flexibility index (Phi) is 12.2. The second kappa shape index (κ2) is 19.1. The molecule has 1 aliphatic rings. The van der Waals surface area contributed by atoms with Crippen LogP contribution in [0.4, 0.5) is 28.4 Å². The van der Waals surface area contributed by atoms with Crippen molar-refractivity contribution < 1.29 is 0 Å². The first-order valence-electron chi connectivity index (χ1n) is 23.3. The third-order valence-electron chi connectivity index (χ3n) is 12.9. The van der Waals surface area contributed by atoms with Gasteiger partial charge in [0.05, 0.1) is 0 Å². The molecule has 0 atom stereocenters. The molecule has 9 aromatic rings. The molecule has 324 valence electrons. The van der Waals surface area contributed by atoms with Gasteiger partial charge < -0.3 is 9.80 Å². The smallest absolute Gasteiger partial charge is 0.0462 e. The molecule has 9 aromatic carbocycles. The SMILES string of the molecule is Cc1ccc(-c2ccc(N(C3=CC=C(c4ccc(N(c5ccc(-c6ccc(C)cc6)cc5)c5ccc(-c6ccc(C)cc6)cc5)cc4)CC=C3)c3ccc(-c4ccc(C)cc4)cc3)cc2)cc1. The zero-order valence-corrected chi connectivity index (χ0v) is 38.7. The van der Waals surface area contributed by atoms with Gasteiger partial charge in [0.1, 0.15) is 0 Å². The Bertz CT molecular complexity index is 3010. The van der Waals surface area contributed by atoms with Gasteiger partial charge >= 0.3 is 0 Å². The van der Waals surface area contributed by atoms with Gasteiger partial charge in [0.2, 0.25) is 0 Å². The van der Waals surface area contributed by atoms with Gasteiger partial charge in [-0.15, -0.1) is 0 Å². The number of hydrogen-bond acceptors (Lipinski definition) is 2. The molecule has 2 nitrogen and oxygen atoms in total. The van der Waals surface area contributed by atoms with Crippen molar-refractivity contribution in [3.05, 3.63) is 276 Å². The molecule has 2 heteroatoms. The first-order chi connectivity index (χ1) is 32.8. The number of anilines is 5. The van der Waals surface area contributed by atoms with Crippen LogP contribution in [-0.2, 0) is 0 Å². The predicted octanol–water partition coefficient (Wildman–Crippen LogP) is 18.1. The third kappa shape index (κ3) is 9.62. The van der Waals surface area contributed by atoms with E-state index in [1.807, 2.05) is 0 Å². The molecule has 0 radical (unpaired) electrons. The second-order valence-corrected chi connectivity index (χ2v) is 17.8. The summed E-state index contributed by atoms with van der Waals surface area (Å²) < 4.78 is 0.